The molecule has 0 unspecified atom stereocenters. The van der Waals surface area contributed by atoms with Crippen molar-refractivity contribution in [1.82, 2.24) is 4.90 Å². The number of anilines is 1. The van der Waals surface area contributed by atoms with Crippen LogP contribution < -0.4 is 5.32 Å². The number of carbonyl (C=O) groups is 3. The van der Waals surface area contributed by atoms with Crippen molar-refractivity contribution in [2.75, 3.05) is 18.1 Å². The van der Waals surface area contributed by atoms with E-state index in [1.807, 2.05) is 30.5 Å². The molecule has 3 rings (SSSR count). The van der Waals surface area contributed by atoms with Gasteiger partial charge in [-0.25, -0.2) is 0 Å². The van der Waals surface area contributed by atoms with Gasteiger partial charge in [0, 0.05) is 23.5 Å². The Labute approximate surface area is 146 Å². The highest BCUT2D eigenvalue weighted by atomic mass is 32.2. The summed E-state index contributed by atoms with van der Waals surface area (Å²) in [5.74, 6) is -0.632. The van der Waals surface area contributed by atoms with Crippen LogP contribution in [0.4, 0.5) is 5.69 Å². The van der Waals surface area contributed by atoms with E-state index < -0.39 is 0 Å². The van der Waals surface area contributed by atoms with E-state index >= 15 is 0 Å². The molecule has 1 aromatic rings. The molecule has 1 aromatic carbocycles. The van der Waals surface area contributed by atoms with E-state index in [2.05, 4.69) is 5.32 Å². The Balaban J connectivity index is 1.54. The zero-order valence-electron chi connectivity index (χ0n) is 13.8. The average Bonchev–Trinajstić information content (AvgIpc) is 2.85. The van der Waals surface area contributed by atoms with Gasteiger partial charge in [-0.05, 0) is 43.4 Å². The third-order valence-corrected chi connectivity index (χ3v) is 5.61. The summed E-state index contributed by atoms with van der Waals surface area (Å²) in [5, 5.41) is 2.81. The summed E-state index contributed by atoms with van der Waals surface area (Å²) in [7, 11) is 0. The highest BCUT2D eigenvalue weighted by Crippen LogP contribution is 2.37. The van der Waals surface area contributed by atoms with E-state index in [0.717, 1.165) is 36.3 Å². The number of nitrogens with zero attached hydrogens (tertiary/aromatic N) is 1. The molecule has 1 saturated heterocycles. The molecule has 2 fully saturated rings. The van der Waals surface area contributed by atoms with Gasteiger partial charge in [0.2, 0.25) is 17.7 Å². The molecule has 0 bridgehead atoms. The fourth-order valence-corrected chi connectivity index (χ4v) is 3.97. The van der Waals surface area contributed by atoms with Crippen LogP contribution in [0, 0.1) is 11.8 Å². The average molecular weight is 346 g/mol. The van der Waals surface area contributed by atoms with Gasteiger partial charge in [-0.1, -0.05) is 12.8 Å². The van der Waals surface area contributed by atoms with E-state index in [-0.39, 0.29) is 42.5 Å². The maximum atomic E-state index is 12.4. The first kappa shape index (κ1) is 17.0. The summed E-state index contributed by atoms with van der Waals surface area (Å²) in [6.07, 6.45) is 5.77. The molecular weight excluding hydrogens is 324 g/mol. The summed E-state index contributed by atoms with van der Waals surface area (Å²) in [6, 6.07) is 7.59. The summed E-state index contributed by atoms with van der Waals surface area (Å²) in [4.78, 5) is 39.2. The molecule has 24 heavy (non-hydrogen) atoms. The summed E-state index contributed by atoms with van der Waals surface area (Å²) < 4.78 is 0. The highest BCUT2D eigenvalue weighted by Gasteiger charge is 2.47. The van der Waals surface area contributed by atoms with E-state index in [1.54, 1.807) is 11.8 Å². The largest absolute Gasteiger partial charge is 0.326 e. The highest BCUT2D eigenvalue weighted by molar-refractivity contribution is 7.98. The molecular formula is C18H22N2O3S. The zero-order chi connectivity index (χ0) is 17.1. The third-order valence-electron chi connectivity index (χ3n) is 4.87. The zero-order valence-corrected chi connectivity index (χ0v) is 14.6. The third kappa shape index (κ3) is 3.48. The Bertz CT molecular complexity index is 620. The second-order valence-corrected chi connectivity index (χ2v) is 7.23. The normalized spacial score (nSPS) is 23.3. The van der Waals surface area contributed by atoms with Crippen molar-refractivity contribution in [3.05, 3.63) is 24.3 Å². The number of likely N-dealkylation sites (tertiary alicyclic amines) is 1. The molecule has 1 saturated carbocycles. The minimum absolute atomic E-state index is 0.0816. The van der Waals surface area contributed by atoms with E-state index in [1.165, 1.54) is 4.90 Å². The topological polar surface area (TPSA) is 66.5 Å². The SMILES string of the molecule is CSc1ccc(NC(=O)CCN2C(=O)[C@@H]3CCCC[C@H]3C2=O)cc1. The van der Waals surface area contributed by atoms with Crippen molar-refractivity contribution in [2.45, 2.75) is 37.0 Å². The fraction of sp³-hybridized carbons (Fsp3) is 0.500. The fourth-order valence-electron chi connectivity index (χ4n) is 3.56. The smallest absolute Gasteiger partial charge is 0.233 e. The lowest BCUT2D eigenvalue weighted by atomic mass is 9.81. The van der Waals surface area contributed by atoms with Crippen LogP contribution in [-0.4, -0.2) is 35.4 Å². The molecule has 5 nitrogen and oxygen atoms in total. The predicted molar refractivity (Wildman–Crippen MR) is 93.6 cm³/mol. The summed E-state index contributed by atoms with van der Waals surface area (Å²) >= 11 is 1.64. The number of hydrogen-bond donors (Lipinski definition) is 1. The van der Waals surface area contributed by atoms with Gasteiger partial charge >= 0.3 is 0 Å². The van der Waals surface area contributed by atoms with Gasteiger partial charge in [0.25, 0.3) is 0 Å². The monoisotopic (exact) mass is 346 g/mol. The second-order valence-electron chi connectivity index (χ2n) is 6.35. The van der Waals surface area contributed by atoms with Crippen LogP contribution in [0.3, 0.4) is 0 Å². The van der Waals surface area contributed by atoms with E-state index in [9.17, 15) is 14.4 Å². The lowest BCUT2D eigenvalue weighted by Crippen LogP contribution is -2.34. The molecule has 0 radical (unpaired) electrons. The Morgan fingerprint density at radius 2 is 1.71 bits per heavy atom. The standard InChI is InChI=1S/C18H22N2O3S/c1-24-13-8-6-12(7-9-13)19-16(21)10-11-20-17(22)14-4-2-3-5-15(14)18(20)23/h6-9,14-15H,2-5,10-11H2,1H3,(H,19,21)/t14-,15-/m1/s1. The van der Waals surface area contributed by atoms with Crippen LogP contribution in [0.25, 0.3) is 0 Å². The Morgan fingerprint density at radius 1 is 1.12 bits per heavy atom. The van der Waals surface area contributed by atoms with Crippen molar-refractivity contribution in [1.29, 1.82) is 0 Å². The molecule has 2 aliphatic rings. The molecule has 0 spiro atoms. The van der Waals surface area contributed by atoms with Gasteiger partial charge in [0.1, 0.15) is 0 Å². The minimum atomic E-state index is -0.178. The number of thioether (sulfide) groups is 1. The van der Waals surface area contributed by atoms with Gasteiger partial charge in [-0.2, -0.15) is 0 Å². The van der Waals surface area contributed by atoms with Gasteiger partial charge in [-0.15, -0.1) is 11.8 Å². The quantitative estimate of drug-likeness (QED) is 0.658. The molecule has 1 heterocycles. The molecule has 0 aromatic heterocycles. The summed E-state index contributed by atoms with van der Waals surface area (Å²) in [5.41, 5.74) is 0.727. The van der Waals surface area contributed by atoms with E-state index in [4.69, 9.17) is 0 Å². The van der Waals surface area contributed by atoms with E-state index in [0.29, 0.717) is 0 Å². The molecule has 3 amide bonds. The van der Waals surface area contributed by atoms with Crippen molar-refractivity contribution < 1.29 is 14.4 Å². The van der Waals surface area contributed by atoms with Crippen LogP contribution in [0.2, 0.25) is 0 Å². The number of fused-ring (bicyclic) bond motifs is 1. The van der Waals surface area contributed by atoms with Crippen LogP contribution >= 0.6 is 11.8 Å². The number of amides is 3. The number of carbonyl (C=O) groups excluding carboxylic acids is 3. The first-order valence-electron chi connectivity index (χ1n) is 8.39. The molecule has 2 atom stereocenters. The van der Waals surface area contributed by atoms with Gasteiger partial charge in [0.15, 0.2) is 0 Å². The maximum absolute atomic E-state index is 12.4. The number of benzene rings is 1. The van der Waals surface area contributed by atoms with Gasteiger partial charge in [0.05, 0.1) is 11.8 Å². The second kappa shape index (κ2) is 7.38. The summed E-state index contributed by atoms with van der Waals surface area (Å²) in [6.45, 7) is 0.180. The molecule has 128 valence electrons. The van der Waals surface area contributed by atoms with Crippen LogP contribution in [0.5, 0.6) is 0 Å². The Morgan fingerprint density at radius 3 is 2.25 bits per heavy atom. The lowest BCUT2D eigenvalue weighted by molar-refractivity contribution is -0.140. The van der Waals surface area contributed by atoms with Crippen LogP contribution in [0.15, 0.2) is 29.2 Å². The van der Waals surface area contributed by atoms with Crippen LogP contribution in [0.1, 0.15) is 32.1 Å². The van der Waals surface area contributed by atoms with Crippen molar-refractivity contribution in [3.63, 3.8) is 0 Å². The number of hydrogen-bond acceptors (Lipinski definition) is 4. The molecule has 1 aliphatic heterocycles. The lowest BCUT2D eigenvalue weighted by Gasteiger charge is -2.19. The molecule has 1 aliphatic carbocycles. The predicted octanol–water partition coefficient (Wildman–Crippen LogP) is 2.91. The van der Waals surface area contributed by atoms with Crippen molar-refractivity contribution >= 4 is 35.2 Å². The molecule has 1 N–H and O–H groups in total. The van der Waals surface area contributed by atoms with Gasteiger partial charge in [-0.3, -0.25) is 19.3 Å². The first-order valence-corrected chi connectivity index (χ1v) is 9.62. The van der Waals surface area contributed by atoms with Crippen molar-refractivity contribution in [2.24, 2.45) is 11.8 Å². The number of nitrogens with one attached hydrogen (secondary N) is 1. The Hall–Kier alpha value is -1.82. The first-order chi connectivity index (χ1) is 11.6. The number of rotatable bonds is 5. The Kier molecular flexibility index (Phi) is 5.23. The number of imide groups is 1. The molecule has 6 heteroatoms. The maximum Gasteiger partial charge on any atom is 0.233 e. The minimum Gasteiger partial charge on any atom is -0.326 e. The van der Waals surface area contributed by atoms with Gasteiger partial charge < -0.3 is 5.32 Å². The van der Waals surface area contributed by atoms with Crippen molar-refractivity contribution in [3.8, 4) is 0 Å². The van der Waals surface area contributed by atoms with Crippen LogP contribution in [-0.2, 0) is 14.4 Å².